The second kappa shape index (κ2) is 7.57. The molecule has 1 fully saturated rings. The molecule has 1 aromatic heterocycles. The fraction of sp³-hybridized carbons (Fsp3) is 0.0909. The molecule has 8 heteroatoms. The molecule has 0 saturated carbocycles. The molecule has 3 N–H and O–H groups in total. The molecule has 1 aliphatic rings. The van der Waals surface area contributed by atoms with Gasteiger partial charge in [0.2, 0.25) is 5.91 Å². The highest BCUT2D eigenvalue weighted by atomic mass is 32.1. The number of fused-ring (bicyclic) bond motifs is 1. The van der Waals surface area contributed by atoms with Crippen LogP contribution in [0.15, 0.2) is 60.3 Å². The molecule has 0 aliphatic carbocycles. The fourth-order valence-electron chi connectivity index (χ4n) is 3.43. The lowest BCUT2D eigenvalue weighted by molar-refractivity contribution is -0.122. The number of nitrogens with one attached hydrogen (secondary N) is 1. The molecule has 7 nitrogen and oxygen atoms in total. The van der Waals surface area contributed by atoms with Crippen LogP contribution in [-0.4, -0.2) is 27.4 Å². The first-order valence-electron chi connectivity index (χ1n) is 9.19. The number of hydrogen-bond acceptors (Lipinski definition) is 4. The molecule has 0 unspecified atom stereocenters. The number of para-hydroxylation sites is 1. The van der Waals surface area contributed by atoms with Crippen molar-refractivity contribution in [2.75, 3.05) is 4.90 Å². The predicted molar refractivity (Wildman–Crippen MR) is 119 cm³/mol. The molecule has 1 aliphatic heterocycles. The molecule has 4 rings (SSSR count). The Morgan fingerprint density at radius 3 is 2.53 bits per heavy atom. The van der Waals surface area contributed by atoms with Gasteiger partial charge in [-0.3, -0.25) is 24.6 Å². The summed E-state index contributed by atoms with van der Waals surface area (Å²) in [6, 6.07) is 14.7. The Labute approximate surface area is 177 Å². The van der Waals surface area contributed by atoms with Gasteiger partial charge in [0.05, 0.1) is 5.69 Å². The van der Waals surface area contributed by atoms with E-state index in [0.29, 0.717) is 11.3 Å². The van der Waals surface area contributed by atoms with Crippen LogP contribution in [0.3, 0.4) is 0 Å². The second-order valence-electron chi connectivity index (χ2n) is 6.99. The number of carbonyl (C=O) groups is 3. The summed E-state index contributed by atoms with van der Waals surface area (Å²) in [6.07, 6.45) is 3.21. The summed E-state index contributed by atoms with van der Waals surface area (Å²) in [6.45, 7) is 1.93. The molecule has 3 aromatic rings. The van der Waals surface area contributed by atoms with Crippen LogP contribution in [0, 0.1) is 6.92 Å². The van der Waals surface area contributed by atoms with Crippen molar-refractivity contribution < 1.29 is 14.4 Å². The normalized spacial score (nSPS) is 15.7. The predicted octanol–water partition coefficient (Wildman–Crippen LogP) is 2.27. The molecule has 30 heavy (non-hydrogen) atoms. The van der Waals surface area contributed by atoms with E-state index in [-0.39, 0.29) is 17.2 Å². The fourth-order valence-corrected chi connectivity index (χ4v) is 3.71. The molecule has 2 aromatic carbocycles. The molecule has 0 bridgehead atoms. The number of benzene rings is 2. The summed E-state index contributed by atoms with van der Waals surface area (Å²) < 4.78 is 1.69. The van der Waals surface area contributed by atoms with Gasteiger partial charge < -0.3 is 10.3 Å². The maximum atomic E-state index is 13.2. The van der Waals surface area contributed by atoms with Crippen LogP contribution in [0.5, 0.6) is 0 Å². The smallest absolute Gasteiger partial charge is 0.270 e. The number of amides is 3. The number of carbonyl (C=O) groups excluding carboxylic acids is 3. The van der Waals surface area contributed by atoms with Gasteiger partial charge in [0.25, 0.3) is 11.8 Å². The van der Waals surface area contributed by atoms with Crippen LogP contribution in [0.1, 0.15) is 11.1 Å². The van der Waals surface area contributed by atoms with Gasteiger partial charge in [-0.15, -0.1) is 0 Å². The molecule has 2 heterocycles. The Morgan fingerprint density at radius 2 is 1.83 bits per heavy atom. The first-order chi connectivity index (χ1) is 14.3. The summed E-state index contributed by atoms with van der Waals surface area (Å²) in [7, 11) is 0. The number of primary amides is 1. The number of aryl methyl sites for hydroxylation is 1. The minimum Gasteiger partial charge on any atom is -0.368 e. The standard InChI is InChI=1S/C22H18N4O3S/c1-13-6-8-15(9-7-13)26-21(29)17(20(28)24-22(26)30)10-14-11-25(12-19(23)27)18-5-3-2-4-16(14)18/h2-11H,12H2,1H3,(H2,23,27)(H,24,28,30)/b17-10+. The van der Waals surface area contributed by atoms with Crippen LogP contribution in [-0.2, 0) is 20.9 Å². The third-order valence-electron chi connectivity index (χ3n) is 4.84. The Balaban J connectivity index is 1.80. The van der Waals surface area contributed by atoms with Crippen LogP contribution in [0.4, 0.5) is 5.69 Å². The van der Waals surface area contributed by atoms with Gasteiger partial charge in [0.15, 0.2) is 5.11 Å². The monoisotopic (exact) mass is 418 g/mol. The third-order valence-corrected chi connectivity index (χ3v) is 5.12. The van der Waals surface area contributed by atoms with Crippen LogP contribution in [0.2, 0.25) is 0 Å². The van der Waals surface area contributed by atoms with Gasteiger partial charge in [-0.2, -0.15) is 0 Å². The molecule has 0 spiro atoms. The van der Waals surface area contributed by atoms with E-state index in [4.69, 9.17) is 18.0 Å². The van der Waals surface area contributed by atoms with Gasteiger partial charge in [-0.25, -0.2) is 0 Å². The SMILES string of the molecule is Cc1ccc(N2C(=O)/C(=C/c3cn(CC(N)=O)c4ccccc34)C(=O)NC2=S)cc1. The van der Waals surface area contributed by atoms with Crippen molar-refractivity contribution in [3.8, 4) is 0 Å². The molecular weight excluding hydrogens is 400 g/mol. The van der Waals surface area contributed by atoms with Gasteiger partial charge in [-0.05, 0) is 43.4 Å². The van der Waals surface area contributed by atoms with Crippen molar-refractivity contribution in [2.45, 2.75) is 13.5 Å². The van der Waals surface area contributed by atoms with E-state index in [1.54, 1.807) is 22.9 Å². The van der Waals surface area contributed by atoms with Crippen LogP contribution >= 0.6 is 12.2 Å². The average molecular weight is 418 g/mol. The number of aromatic nitrogens is 1. The van der Waals surface area contributed by atoms with Gasteiger partial charge in [0, 0.05) is 22.7 Å². The average Bonchev–Trinajstić information content (AvgIpc) is 3.03. The number of rotatable bonds is 4. The number of nitrogens with zero attached hydrogens (tertiary/aromatic N) is 2. The molecular formula is C22H18N4O3S. The molecule has 3 amide bonds. The number of anilines is 1. The van der Waals surface area contributed by atoms with E-state index in [2.05, 4.69) is 5.32 Å². The first-order valence-corrected chi connectivity index (χ1v) is 9.60. The summed E-state index contributed by atoms with van der Waals surface area (Å²) in [5.74, 6) is -1.57. The van der Waals surface area contributed by atoms with Crippen molar-refractivity contribution in [2.24, 2.45) is 5.73 Å². The van der Waals surface area contributed by atoms with Crippen molar-refractivity contribution >= 4 is 57.7 Å². The third kappa shape index (κ3) is 3.48. The number of nitrogens with two attached hydrogens (primary N) is 1. The molecule has 1 saturated heterocycles. The zero-order chi connectivity index (χ0) is 21.4. The van der Waals surface area contributed by atoms with E-state index in [9.17, 15) is 14.4 Å². The lowest BCUT2D eigenvalue weighted by atomic mass is 10.1. The quantitative estimate of drug-likeness (QED) is 0.386. The Morgan fingerprint density at radius 1 is 1.13 bits per heavy atom. The number of hydrogen-bond donors (Lipinski definition) is 2. The van der Waals surface area contributed by atoms with Crippen LogP contribution < -0.4 is 16.0 Å². The second-order valence-corrected chi connectivity index (χ2v) is 7.38. The maximum absolute atomic E-state index is 13.2. The lowest BCUT2D eigenvalue weighted by Gasteiger charge is -2.29. The van der Waals surface area contributed by atoms with Gasteiger partial charge in [0.1, 0.15) is 12.1 Å². The zero-order valence-electron chi connectivity index (χ0n) is 16.1. The van der Waals surface area contributed by atoms with Crippen LogP contribution in [0.25, 0.3) is 17.0 Å². The summed E-state index contributed by atoms with van der Waals surface area (Å²) in [5, 5.41) is 3.40. The number of thiocarbonyl (C=S) groups is 1. The Kier molecular flexibility index (Phi) is 4.93. The van der Waals surface area contributed by atoms with E-state index in [1.807, 2.05) is 43.3 Å². The van der Waals surface area contributed by atoms with Crippen molar-refractivity contribution in [3.63, 3.8) is 0 Å². The maximum Gasteiger partial charge on any atom is 0.270 e. The largest absolute Gasteiger partial charge is 0.368 e. The van der Waals surface area contributed by atoms with Crippen molar-refractivity contribution in [3.05, 3.63) is 71.4 Å². The van der Waals surface area contributed by atoms with Gasteiger partial charge >= 0.3 is 0 Å². The molecule has 0 radical (unpaired) electrons. The highest BCUT2D eigenvalue weighted by molar-refractivity contribution is 7.80. The van der Waals surface area contributed by atoms with E-state index < -0.39 is 17.7 Å². The summed E-state index contributed by atoms with van der Waals surface area (Å²) >= 11 is 5.23. The van der Waals surface area contributed by atoms with Crippen molar-refractivity contribution in [1.29, 1.82) is 0 Å². The lowest BCUT2D eigenvalue weighted by Crippen LogP contribution is -2.54. The Bertz CT molecular complexity index is 1240. The highest BCUT2D eigenvalue weighted by Gasteiger charge is 2.34. The van der Waals surface area contributed by atoms with E-state index >= 15 is 0 Å². The zero-order valence-corrected chi connectivity index (χ0v) is 16.9. The molecule has 0 atom stereocenters. The minimum atomic E-state index is -0.569. The first kappa shape index (κ1) is 19.5. The Hall–Kier alpha value is -3.78. The van der Waals surface area contributed by atoms with E-state index in [1.165, 1.54) is 11.0 Å². The van der Waals surface area contributed by atoms with E-state index in [0.717, 1.165) is 16.5 Å². The minimum absolute atomic E-state index is 0.0105. The van der Waals surface area contributed by atoms with Gasteiger partial charge in [-0.1, -0.05) is 35.9 Å². The van der Waals surface area contributed by atoms with Crippen molar-refractivity contribution in [1.82, 2.24) is 9.88 Å². The topological polar surface area (TPSA) is 97.4 Å². The molecule has 150 valence electrons. The summed E-state index contributed by atoms with van der Waals surface area (Å²) in [4.78, 5) is 38.5. The highest BCUT2D eigenvalue weighted by Crippen LogP contribution is 2.26. The summed E-state index contributed by atoms with van der Waals surface area (Å²) in [5.41, 5.74) is 8.31.